The summed E-state index contributed by atoms with van der Waals surface area (Å²) in [5, 5.41) is 0. The van der Waals surface area contributed by atoms with Crippen LogP contribution in [0.3, 0.4) is 0 Å². The number of aromatic amines is 1. The molecule has 0 bridgehead atoms. The van der Waals surface area contributed by atoms with E-state index in [1.165, 1.54) is 26.2 Å². The van der Waals surface area contributed by atoms with Gasteiger partial charge in [-0.2, -0.15) is 4.39 Å². The molecule has 156 valence electrons. The van der Waals surface area contributed by atoms with Gasteiger partial charge < -0.3 is 4.98 Å². The van der Waals surface area contributed by atoms with Crippen LogP contribution in [0.4, 0.5) is 4.39 Å². The highest BCUT2D eigenvalue weighted by Crippen LogP contribution is 2.27. The van der Waals surface area contributed by atoms with Crippen molar-refractivity contribution in [3.05, 3.63) is 81.8 Å². The largest absolute Gasteiger partial charge is 0.304 e. The van der Waals surface area contributed by atoms with Gasteiger partial charge in [-0.3, -0.25) is 14.7 Å². The molecule has 1 atom stereocenters. The first-order valence-electron chi connectivity index (χ1n) is 10.6. The molecule has 4 rings (SSSR count). The van der Waals surface area contributed by atoms with Gasteiger partial charge in [0.05, 0.1) is 5.69 Å². The molecule has 6 heteroatoms. The minimum absolute atomic E-state index is 0.120. The number of rotatable bonds is 6. The monoisotopic (exact) mass is 406 g/mol. The number of hydrogen-bond acceptors (Lipinski definition) is 4. The number of nitrogens with one attached hydrogen (secondary N) is 1. The molecule has 2 aromatic heterocycles. The number of benzene rings is 1. The Bertz CT molecular complexity index is 1050. The topological polar surface area (TPSA) is 61.9 Å². The zero-order valence-electron chi connectivity index (χ0n) is 17.3. The molecular weight excluding hydrogens is 379 g/mol. The van der Waals surface area contributed by atoms with Crippen molar-refractivity contribution in [1.82, 2.24) is 19.9 Å². The number of aryl methyl sites for hydroxylation is 2. The summed E-state index contributed by atoms with van der Waals surface area (Å²) in [5.41, 5.74) is 2.48. The number of halogens is 1. The van der Waals surface area contributed by atoms with E-state index in [0.29, 0.717) is 11.9 Å². The van der Waals surface area contributed by atoms with Gasteiger partial charge in [0.25, 0.3) is 5.56 Å². The average molecular weight is 407 g/mol. The first kappa shape index (κ1) is 20.4. The first-order valence-corrected chi connectivity index (χ1v) is 10.6. The van der Waals surface area contributed by atoms with Crippen LogP contribution >= 0.6 is 0 Å². The summed E-state index contributed by atoms with van der Waals surface area (Å²) in [6, 6.07) is 14.5. The van der Waals surface area contributed by atoms with Crippen LogP contribution in [0.15, 0.2) is 53.5 Å². The molecular formula is C24H27FN4O. The third kappa shape index (κ3) is 4.65. The summed E-state index contributed by atoms with van der Waals surface area (Å²) in [7, 11) is 0. The Morgan fingerprint density at radius 3 is 2.80 bits per heavy atom. The minimum atomic E-state index is -0.818. The lowest BCUT2D eigenvalue weighted by molar-refractivity contribution is 0.132. The van der Waals surface area contributed by atoms with E-state index in [1.54, 1.807) is 0 Å². The molecule has 3 aromatic rings. The van der Waals surface area contributed by atoms with Crippen molar-refractivity contribution in [2.75, 3.05) is 6.54 Å². The Hall–Kier alpha value is -2.86. The fraction of sp³-hybridized carbons (Fsp3) is 0.375. The summed E-state index contributed by atoms with van der Waals surface area (Å²) < 4.78 is 13.8. The lowest BCUT2D eigenvalue weighted by Gasteiger charge is -2.36. The van der Waals surface area contributed by atoms with Crippen molar-refractivity contribution >= 4 is 0 Å². The summed E-state index contributed by atoms with van der Waals surface area (Å²) in [6.07, 6.45) is 7.51. The SMILES string of the molecule is Cc1nc(-c2ccccc2CN2CCCCC2CCc2ccccn2)[nH]c(=O)c1F. The predicted molar refractivity (Wildman–Crippen MR) is 116 cm³/mol. The summed E-state index contributed by atoms with van der Waals surface area (Å²) in [4.78, 5) is 25.8. The molecule has 1 aromatic carbocycles. The highest BCUT2D eigenvalue weighted by Gasteiger charge is 2.23. The third-order valence-electron chi connectivity index (χ3n) is 5.88. The zero-order chi connectivity index (χ0) is 20.9. The maximum absolute atomic E-state index is 13.8. The van der Waals surface area contributed by atoms with Crippen LogP contribution in [0.1, 0.15) is 42.6 Å². The van der Waals surface area contributed by atoms with Crippen LogP contribution in [0.25, 0.3) is 11.4 Å². The van der Waals surface area contributed by atoms with Crippen LogP contribution < -0.4 is 5.56 Å². The van der Waals surface area contributed by atoms with E-state index in [-0.39, 0.29) is 5.69 Å². The van der Waals surface area contributed by atoms with Crippen molar-refractivity contribution in [2.45, 2.75) is 51.6 Å². The Morgan fingerprint density at radius 1 is 1.17 bits per heavy atom. The molecule has 0 amide bonds. The maximum Gasteiger partial charge on any atom is 0.287 e. The lowest BCUT2D eigenvalue weighted by atomic mass is 9.95. The van der Waals surface area contributed by atoms with Crippen molar-refractivity contribution in [1.29, 1.82) is 0 Å². The molecule has 1 saturated heterocycles. The molecule has 30 heavy (non-hydrogen) atoms. The Labute approximate surface area is 176 Å². The molecule has 5 nitrogen and oxygen atoms in total. The molecule has 0 saturated carbocycles. The quantitative estimate of drug-likeness (QED) is 0.664. The number of H-pyrrole nitrogens is 1. The van der Waals surface area contributed by atoms with E-state index < -0.39 is 11.4 Å². The Balaban J connectivity index is 1.55. The normalized spacial score (nSPS) is 17.2. The second-order valence-electron chi connectivity index (χ2n) is 7.95. The van der Waals surface area contributed by atoms with Crippen LogP contribution in [0.2, 0.25) is 0 Å². The zero-order valence-corrected chi connectivity index (χ0v) is 17.3. The van der Waals surface area contributed by atoms with Gasteiger partial charge in [-0.05, 0) is 56.8 Å². The smallest absolute Gasteiger partial charge is 0.287 e. The van der Waals surface area contributed by atoms with E-state index in [0.717, 1.165) is 42.8 Å². The minimum Gasteiger partial charge on any atom is -0.304 e. The summed E-state index contributed by atoms with van der Waals surface area (Å²) in [6.45, 7) is 3.35. The number of nitrogens with zero attached hydrogens (tertiary/aromatic N) is 3. The second kappa shape index (κ2) is 9.30. The van der Waals surface area contributed by atoms with Crippen molar-refractivity contribution in [3.63, 3.8) is 0 Å². The fourth-order valence-corrected chi connectivity index (χ4v) is 4.26. The van der Waals surface area contributed by atoms with Gasteiger partial charge >= 0.3 is 0 Å². The van der Waals surface area contributed by atoms with Crippen LogP contribution in [-0.4, -0.2) is 32.4 Å². The standard InChI is InChI=1S/C24H27FN4O/c1-17-22(25)24(30)28-23(27-17)21-11-3-2-8-18(21)16-29-15-7-5-10-20(29)13-12-19-9-4-6-14-26-19/h2-4,6,8-9,11,14,20H,5,7,10,12-13,15-16H2,1H3,(H,27,28,30). The van der Waals surface area contributed by atoms with Crippen LogP contribution in [0.5, 0.6) is 0 Å². The fourth-order valence-electron chi connectivity index (χ4n) is 4.26. The van der Waals surface area contributed by atoms with Gasteiger partial charge in [-0.1, -0.05) is 36.8 Å². The molecule has 1 fully saturated rings. The van der Waals surface area contributed by atoms with Gasteiger partial charge in [0.1, 0.15) is 5.82 Å². The molecule has 1 unspecified atom stereocenters. The molecule has 0 radical (unpaired) electrons. The number of likely N-dealkylation sites (tertiary alicyclic amines) is 1. The van der Waals surface area contributed by atoms with Crippen LogP contribution in [0, 0.1) is 12.7 Å². The number of pyridine rings is 1. The molecule has 1 aliphatic rings. The molecule has 0 aliphatic carbocycles. The number of piperidine rings is 1. The van der Waals surface area contributed by atoms with E-state index in [1.807, 2.05) is 36.5 Å². The predicted octanol–water partition coefficient (Wildman–Crippen LogP) is 4.27. The summed E-state index contributed by atoms with van der Waals surface area (Å²) >= 11 is 0. The van der Waals surface area contributed by atoms with Gasteiger partial charge in [-0.25, -0.2) is 4.98 Å². The van der Waals surface area contributed by atoms with Gasteiger partial charge in [-0.15, -0.1) is 0 Å². The molecule has 0 spiro atoms. The van der Waals surface area contributed by atoms with Crippen molar-refractivity contribution < 1.29 is 4.39 Å². The Morgan fingerprint density at radius 2 is 2.00 bits per heavy atom. The number of aromatic nitrogens is 3. The van der Waals surface area contributed by atoms with E-state index in [2.05, 4.69) is 32.0 Å². The van der Waals surface area contributed by atoms with E-state index >= 15 is 0 Å². The first-order chi connectivity index (χ1) is 14.6. The van der Waals surface area contributed by atoms with E-state index in [9.17, 15) is 9.18 Å². The van der Waals surface area contributed by atoms with E-state index in [4.69, 9.17) is 0 Å². The number of hydrogen-bond donors (Lipinski definition) is 1. The maximum atomic E-state index is 13.8. The summed E-state index contributed by atoms with van der Waals surface area (Å²) in [5.74, 6) is -0.390. The van der Waals surface area contributed by atoms with Crippen LogP contribution in [-0.2, 0) is 13.0 Å². The highest BCUT2D eigenvalue weighted by atomic mass is 19.1. The molecule has 1 aliphatic heterocycles. The Kier molecular flexibility index (Phi) is 6.33. The third-order valence-corrected chi connectivity index (χ3v) is 5.88. The lowest BCUT2D eigenvalue weighted by Crippen LogP contribution is -2.39. The van der Waals surface area contributed by atoms with Crippen molar-refractivity contribution in [3.8, 4) is 11.4 Å². The average Bonchev–Trinajstić information content (AvgIpc) is 2.77. The van der Waals surface area contributed by atoms with Gasteiger partial charge in [0.2, 0.25) is 5.82 Å². The van der Waals surface area contributed by atoms with Gasteiger partial charge in [0, 0.05) is 30.0 Å². The second-order valence-corrected chi connectivity index (χ2v) is 7.95. The van der Waals surface area contributed by atoms with Gasteiger partial charge in [0.15, 0.2) is 0 Å². The molecule has 1 N–H and O–H groups in total. The van der Waals surface area contributed by atoms with Crippen molar-refractivity contribution in [2.24, 2.45) is 0 Å². The highest BCUT2D eigenvalue weighted by molar-refractivity contribution is 5.60. The molecule has 3 heterocycles.